The van der Waals surface area contributed by atoms with Crippen molar-refractivity contribution in [2.24, 2.45) is 0 Å². The first-order valence-electron chi connectivity index (χ1n) is 5.60. The number of aromatic nitrogens is 2. The molecule has 17 heavy (non-hydrogen) atoms. The van der Waals surface area contributed by atoms with Crippen molar-refractivity contribution in [3.8, 4) is 0 Å². The monoisotopic (exact) mass is 254 g/mol. The minimum Gasteiger partial charge on any atom is -0.331 e. The molecule has 6 nitrogen and oxygen atoms in total. The highest BCUT2D eigenvalue weighted by Gasteiger charge is 2.31. The van der Waals surface area contributed by atoms with Gasteiger partial charge in [-0.1, -0.05) is 11.4 Å². The summed E-state index contributed by atoms with van der Waals surface area (Å²) in [6.45, 7) is 2.58. The minimum atomic E-state index is -0.382. The third-order valence-electron chi connectivity index (χ3n) is 2.78. The van der Waals surface area contributed by atoms with Crippen LogP contribution >= 0.6 is 11.5 Å². The molecule has 1 aromatic heterocycles. The van der Waals surface area contributed by atoms with E-state index in [-0.39, 0.29) is 17.9 Å². The fraction of sp³-hybridized carbons (Fsp3) is 0.600. The molecule has 0 radical (unpaired) electrons. The van der Waals surface area contributed by atoms with E-state index >= 15 is 0 Å². The Morgan fingerprint density at radius 2 is 2.53 bits per heavy atom. The van der Waals surface area contributed by atoms with Crippen LogP contribution in [0.4, 0.5) is 5.00 Å². The highest BCUT2D eigenvalue weighted by Crippen LogP contribution is 2.18. The van der Waals surface area contributed by atoms with Crippen LogP contribution in [0.25, 0.3) is 0 Å². The smallest absolute Gasteiger partial charge is 0.247 e. The molecular weight excluding hydrogens is 240 g/mol. The lowest BCUT2D eigenvalue weighted by Crippen LogP contribution is -2.44. The van der Waals surface area contributed by atoms with Gasteiger partial charge in [0.05, 0.1) is 6.20 Å². The summed E-state index contributed by atoms with van der Waals surface area (Å²) in [7, 11) is 0. The van der Waals surface area contributed by atoms with Crippen molar-refractivity contribution in [2.45, 2.75) is 32.2 Å². The Morgan fingerprint density at radius 1 is 1.71 bits per heavy atom. The molecule has 0 aromatic carbocycles. The zero-order valence-corrected chi connectivity index (χ0v) is 10.4. The molecule has 92 valence electrons. The second-order valence-corrected chi connectivity index (χ2v) is 4.67. The van der Waals surface area contributed by atoms with Crippen LogP contribution in [0.2, 0.25) is 0 Å². The molecule has 2 heterocycles. The van der Waals surface area contributed by atoms with Gasteiger partial charge in [-0.2, -0.15) is 0 Å². The number of rotatable bonds is 4. The quantitative estimate of drug-likeness (QED) is 0.865. The molecule has 0 aliphatic carbocycles. The van der Waals surface area contributed by atoms with Gasteiger partial charge < -0.3 is 10.2 Å². The lowest BCUT2D eigenvalue weighted by Gasteiger charge is -2.25. The van der Waals surface area contributed by atoms with E-state index in [0.717, 1.165) is 18.0 Å². The predicted octanol–water partition coefficient (Wildman–Crippen LogP) is 0.878. The Balaban J connectivity index is 2.02. The third-order valence-corrected chi connectivity index (χ3v) is 3.36. The van der Waals surface area contributed by atoms with Crippen molar-refractivity contribution in [3.05, 3.63) is 6.20 Å². The van der Waals surface area contributed by atoms with Crippen molar-refractivity contribution >= 4 is 28.3 Å². The standard InChI is InChI=1S/C10H14N4O2S/c1-2-7(14-5-3-4-9(14)15)10(16)12-8-6-11-13-17-8/h6-7H,2-5H2,1H3,(H,12,16)/t7-/m0/s1. The van der Waals surface area contributed by atoms with Gasteiger partial charge in [0.2, 0.25) is 11.8 Å². The van der Waals surface area contributed by atoms with Gasteiger partial charge in [-0.05, 0) is 12.8 Å². The van der Waals surface area contributed by atoms with Crippen LogP contribution in [0.5, 0.6) is 0 Å². The second kappa shape index (κ2) is 5.22. The van der Waals surface area contributed by atoms with Crippen LogP contribution in [-0.2, 0) is 9.59 Å². The highest BCUT2D eigenvalue weighted by atomic mass is 32.1. The maximum Gasteiger partial charge on any atom is 0.247 e. The number of carbonyl (C=O) groups excluding carboxylic acids is 2. The average Bonchev–Trinajstić information content (AvgIpc) is 2.92. The van der Waals surface area contributed by atoms with Gasteiger partial charge in [-0.15, -0.1) is 5.10 Å². The maximum atomic E-state index is 12.0. The van der Waals surface area contributed by atoms with Crippen LogP contribution in [0.3, 0.4) is 0 Å². The van der Waals surface area contributed by atoms with E-state index in [4.69, 9.17) is 0 Å². The number of hydrogen-bond donors (Lipinski definition) is 1. The Hall–Kier alpha value is -1.50. The van der Waals surface area contributed by atoms with E-state index < -0.39 is 0 Å². The predicted molar refractivity (Wildman–Crippen MR) is 63.6 cm³/mol. The van der Waals surface area contributed by atoms with Crippen LogP contribution in [0.1, 0.15) is 26.2 Å². The van der Waals surface area contributed by atoms with Crippen molar-refractivity contribution in [1.29, 1.82) is 0 Å². The number of nitrogens with one attached hydrogen (secondary N) is 1. The lowest BCUT2D eigenvalue weighted by atomic mass is 10.2. The summed E-state index contributed by atoms with van der Waals surface area (Å²) in [5, 5.41) is 6.99. The molecule has 7 heteroatoms. The summed E-state index contributed by atoms with van der Waals surface area (Å²) < 4.78 is 3.67. The lowest BCUT2D eigenvalue weighted by molar-refractivity contribution is -0.135. The second-order valence-electron chi connectivity index (χ2n) is 3.89. The molecule has 0 saturated carbocycles. The van der Waals surface area contributed by atoms with Crippen LogP contribution in [0.15, 0.2) is 6.20 Å². The molecule has 0 spiro atoms. The minimum absolute atomic E-state index is 0.0643. The molecule has 1 saturated heterocycles. The van der Waals surface area contributed by atoms with Gasteiger partial charge >= 0.3 is 0 Å². The molecule has 2 amide bonds. The maximum absolute atomic E-state index is 12.0. The van der Waals surface area contributed by atoms with E-state index in [9.17, 15) is 9.59 Å². The van der Waals surface area contributed by atoms with Gasteiger partial charge in [-0.25, -0.2) is 0 Å². The Labute approximate surface area is 103 Å². The van der Waals surface area contributed by atoms with Crippen molar-refractivity contribution in [1.82, 2.24) is 14.5 Å². The van der Waals surface area contributed by atoms with E-state index in [1.54, 1.807) is 4.90 Å². The van der Waals surface area contributed by atoms with E-state index in [0.29, 0.717) is 24.4 Å². The first-order chi connectivity index (χ1) is 8.22. The summed E-state index contributed by atoms with van der Waals surface area (Å²) in [5.41, 5.74) is 0. The number of amides is 2. The molecule has 2 rings (SSSR count). The summed E-state index contributed by atoms with van der Waals surface area (Å²) in [5.74, 6) is -0.0942. The normalized spacial score (nSPS) is 17.2. The number of anilines is 1. The van der Waals surface area contributed by atoms with Gasteiger partial charge in [0.1, 0.15) is 11.0 Å². The topological polar surface area (TPSA) is 75.2 Å². The molecule has 0 bridgehead atoms. The van der Waals surface area contributed by atoms with Crippen LogP contribution in [0, 0.1) is 0 Å². The molecule has 1 atom stereocenters. The largest absolute Gasteiger partial charge is 0.331 e. The average molecular weight is 254 g/mol. The van der Waals surface area contributed by atoms with Gasteiger partial charge in [0.15, 0.2) is 0 Å². The Kier molecular flexibility index (Phi) is 3.68. The summed E-state index contributed by atoms with van der Waals surface area (Å²) in [6.07, 6.45) is 3.50. The van der Waals surface area contributed by atoms with Crippen molar-refractivity contribution < 1.29 is 9.59 Å². The molecule has 0 unspecified atom stereocenters. The number of likely N-dealkylation sites (tertiary alicyclic amines) is 1. The number of nitrogens with zero attached hydrogens (tertiary/aromatic N) is 3. The number of hydrogen-bond acceptors (Lipinski definition) is 5. The molecular formula is C10H14N4O2S. The Bertz CT molecular complexity index is 406. The number of carbonyl (C=O) groups is 2. The zero-order chi connectivity index (χ0) is 12.3. The van der Waals surface area contributed by atoms with Crippen molar-refractivity contribution in [2.75, 3.05) is 11.9 Å². The molecule has 1 aliphatic heterocycles. The van der Waals surface area contributed by atoms with Gasteiger partial charge in [0, 0.05) is 24.5 Å². The third kappa shape index (κ3) is 2.60. The van der Waals surface area contributed by atoms with E-state index in [1.165, 1.54) is 6.20 Å². The summed E-state index contributed by atoms with van der Waals surface area (Å²) >= 11 is 1.13. The molecule has 1 aliphatic rings. The Morgan fingerprint density at radius 3 is 3.06 bits per heavy atom. The molecule has 1 N–H and O–H groups in total. The zero-order valence-electron chi connectivity index (χ0n) is 9.55. The van der Waals surface area contributed by atoms with E-state index in [1.807, 2.05) is 6.92 Å². The fourth-order valence-corrected chi connectivity index (χ4v) is 2.40. The molecule has 1 aromatic rings. The first kappa shape index (κ1) is 12.0. The highest BCUT2D eigenvalue weighted by molar-refractivity contribution is 7.10. The van der Waals surface area contributed by atoms with E-state index in [2.05, 4.69) is 14.9 Å². The fourth-order valence-electron chi connectivity index (χ4n) is 1.97. The van der Waals surface area contributed by atoms with Crippen LogP contribution < -0.4 is 5.32 Å². The summed E-state index contributed by atoms with van der Waals surface area (Å²) in [4.78, 5) is 25.3. The van der Waals surface area contributed by atoms with Gasteiger partial charge in [-0.3, -0.25) is 9.59 Å². The summed E-state index contributed by atoms with van der Waals surface area (Å²) in [6, 6.07) is -0.382. The molecule has 1 fully saturated rings. The SMILES string of the molecule is CC[C@@H](C(=O)Nc1cnns1)N1CCCC1=O. The van der Waals surface area contributed by atoms with Crippen LogP contribution in [-0.4, -0.2) is 38.9 Å². The van der Waals surface area contributed by atoms with Crippen molar-refractivity contribution in [3.63, 3.8) is 0 Å². The first-order valence-corrected chi connectivity index (χ1v) is 6.37. The van der Waals surface area contributed by atoms with Gasteiger partial charge in [0.25, 0.3) is 0 Å².